The van der Waals surface area contributed by atoms with Crippen LogP contribution < -0.4 is 0 Å². The molecule has 0 spiro atoms. The van der Waals surface area contributed by atoms with Crippen LogP contribution in [0.4, 0.5) is 0 Å². The highest BCUT2D eigenvalue weighted by Gasteiger charge is 2.10. The van der Waals surface area contributed by atoms with Crippen LogP contribution in [-0.2, 0) is 28.5 Å². The van der Waals surface area contributed by atoms with Crippen LogP contribution in [0.25, 0.3) is 5.57 Å². The van der Waals surface area contributed by atoms with Gasteiger partial charge in [-0.1, -0.05) is 36.9 Å². The van der Waals surface area contributed by atoms with E-state index in [0.717, 1.165) is 5.56 Å². The molecule has 0 radical (unpaired) electrons. The van der Waals surface area contributed by atoms with Crippen molar-refractivity contribution in [2.45, 2.75) is 0 Å². The average Bonchev–Trinajstić information content (AvgIpc) is 2.62. The molecule has 0 aliphatic heterocycles. The number of ether oxygens (including phenoxy) is 5. The van der Waals surface area contributed by atoms with E-state index in [-0.39, 0.29) is 6.61 Å². The minimum absolute atomic E-state index is 0.185. The summed E-state index contributed by atoms with van der Waals surface area (Å²) < 4.78 is 25.9. The Bertz CT molecular complexity index is 460. The topological polar surface area (TPSA) is 63.2 Å². The van der Waals surface area contributed by atoms with Crippen molar-refractivity contribution in [2.75, 3.05) is 60.0 Å². The van der Waals surface area contributed by atoms with Gasteiger partial charge >= 0.3 is 5.97 Å². The Kier molecular flexibility index (Phi) is 11.6. The largest absolute Gasteiger partial charge is 0.460 e. The van der Waals surface area contributed by atoms with Gasteiger partial charge < -0.3 is 23.7 Å². The number of rotatable bonds is 14. The number of benzene rings is 1. The lowest BCUT2D eigenvalue weighted by Gasteiger charge is -2.08. The first kappa shape index (κ1) is 20.3. The first-order valence-corrected chi connectivity index (χ1v) is 7.89. The fourth-order valence-corrected chi connectivity index (χ4v) is 1.72. The van der Waals surface area contributed by atoms with Crippen molar-refractivity contribution in [3.05, 3.63) is 42.5 Å². The van der Waals surface area contributed by atoms with E-state index in [9.17, 15) is 4.79 Å². The molecule has 134 valence electrons. The lowest BCUT2D eigenvalue weighted by molar-refractivity contribution is -0.138. The van der Waals surface area contributed by atoms with Crippen molar-refractivity contribution < 1.29 is 28.5 Å². The van der Waals surface area contributed by atoms with Gasteiger partial charge in [0.05, 0.1) is 51.8 Å². The van der Waals surface area contributed by atoms with Crippen molar-refractivity contribution in [1.82, 2.24) is 0 Å². The molecule has 0 saturated carbocycles. The summed E-state index contributed by atoms with van der Waals surface area (Å²) in [5, 5.41) is 0. The number of hydrogen-bond donors (Lipinski definition) is 0. The Morgan fingerprint density at radius 3 is 1.88 bits per heavy atom. The van der Waals surface area contributed by atoms with Gasteiger partial charge in [0.2, 0.25) is 0 Å². The maximum Gasteiger partial charge on any atom is 0.338 e. The van der Waals surface area contributed by atoms with Gasteiger partial charge in [0, 0.05) is 7.11 Å². The third-order valence-corrected chi connectivity index (χ3v) is 3.01. The number of methoxy groups -OCH3 is 1. The molecule has 6 nitrogen and oxygen atoms in total. The van der Waals surface area contributed by atoms with Crippen LogP contribution in [0, 0.1) is 0 Å². The fraction of sp³-hybridized carbons (Fsp3) is 0.500. The molecule has 1 rings (SSSR count). The molecule has 0 aliphatic carbocycles. The van der Waals surface area contributed by atoms with E-state index in [1.807, 2.05) is 30.3 Å². The molecule has 0 amide bonds. The quantitative estimate of drug-likeness (QED) is 0.293. The van der Waals surface area contributed by atoms with E-state index in [1.165, 1.54) is 0 Å². The Balaban J connectivity index is 1.93. The predicted octanol–water partition coefficient (Wildman–Crippen LogP) is 1.94. The first-order chi connectivity index (χ1) is 11.8. The highest BCUT2D eigenvalue weighted by molar-refractivity contribution is 6.15. The van der Waals surface area contributed by atoms with Crippen LogP contribution in [0.15, 0.2) is 36.9 Å². The smallest absolute Gasteiger partial charge is 0.338 e. The standard InChI is InChI=1S/C18H26O6/c1-16(17-6-4-3-5-7-17)18(19)24-15-14-23-13-12-22-11-10-21-9-8-20-2/h3-7H,1,8-15H2,2H3. The van der Waals surface area contributed by atoms with Crippen LogP contribution >= 0.6 is 0 Å². The molecule has 0 fully saturated rings. The van der Waals surface area contributed by atoms with Gasteiger partial charge in [-0.25, -0.2) is 4.79 Å². The second-order valence-corrected chi connectivity index (χ2v) is 4.81. The Morgan fingerprint density at radius 2 is 1.33 bits per heavy atom. The summed E-state index contributed by atoms with van der Waals surface area (Å²) in [6.45, 7) is 7.35. The number of hydrogen-bond acceptors (Lipinski definition) is 6. The molecule has 1 aromatic rings. The SMILES string of the molecule is C=C(C(=O)OCCOCCOCCOCCOC)c1ccccc1. The van der Waals surface area contributed by atoms with Crippen molar-refractivity contribution in [3.63, 3.8) is 0 Å². The van der Waals surface area contributed by atoms with Crippen molar-refractivity contribution >= 4 is 11.5 Å². The van der Waals surface area contributed by atoms with Crippen LogP contribution in [0.5, 0.6) is 0 Å². The molecule has 0 atom stereocenters. The van der Waals surface area contributed by atoms with E-state index in [1.54, 1.807) is 7.11 Å². The predicted molar refractivity (Wildman–Crippen MR) is 90.8 cm³/mol. The summed E-state index contributed by atoms with van der Waals surface area (Å²) in [6.07, 6.45) is 0. The molecule has 0 N–H and O–H groups in total. The molecule has 6 heteroatoms. The third kappa shape index (κ3) is 9.42. The second-order valence-electron chi connectivity index (χ2n) is 4.81. The molecule has 0 unspecified atom stereocenters. The highest BCUT2D eigenvalue weighted by Crippen LogP contribution is 2.12. The summed E-state index contributed by atoms with van der Waals surface area (Å²) in [7, 11) is 1.63. The minimum Gasteiger partial charge on any atom is -0.460 e. The molecule has 24 heavy (non-hydrogen) atoms. The summed E-state index contributed by atoms with van der Waals surface area (Å²) >= 11 is 0. The van der Waals surface area contributed by atoms with E-state index >= 15 is 0 Å². The lowest BCUT2D eigenvalue weighted by Crippen LogP contribution is -2.14. The fourth-order valence-electron chi connectivity index (χ4n) is 1.72. The zero-order chi connectivity index (χ0) is 17.5. The molecular weight excluding hydrogens is 312 g/mol. The Hall–Kier alpha value is -1.73. The van der Waals surface area contributed by atoms with Crippen LogP contribution in [-0.4, -0.2) is 65.9 Å². The number of carbonyl (C=O) groups excluding carboxylic acids is 1. The van der Waals surface area contributed by atoms with Crippen molar-refractivity contribution in [3.8, 4) is 0 Å². The zero-order valence-electron chi connectivity index (χ0n) is 14.2. The van der Waals surface area contributed by atoms with Gasteiger partial charge in [-0.3, -0.25) is 0 Å². The lowest BCUT2D eigenvalue weighted by atomic mass is 10.1. The average molecular weight is 338 g/mol. The second kappa shape index (κ2) is 13.7. The van der Waals surface area contributed by atoms with E-state index in [0.29, 0.717) is 51.8 Å². The van der Waals surface area contributed by atoms with Gasteiger partial charge in [-0.2, -0.15) is 0 Å². The van der Waals surface area contributed by atoms with Gasteiger partial charge in [0.15, 0.2) is 0 Å². The molecule has 0 bridgehead atoms. The Labute approximate surface area is 143 Å². The van der Waals surface area contributed by atoms with Gasteiger partial charge in [0.1, 0.15) is 6.61 Å². The van der Waals surface area contributed by atoms with Crippen molar-refractivity contribution in [2.24, 2.45) is 0 Å². The molecule has 0 saturated heterocycles. The maximum atomic E-state index is 11.8. The third-order valence-electron chi connectivity index (χ3n) is 3.01. The number of carbonyl (C=O) groups is 1. The minimum atomic E-state index is -0.436. The van der Waals surface area contributed by atoms with E-state index in [4.69, 9.17) is 23.7 Å². The molecule has 0 aliphatic rings. The summed E-state index contributed by atoms with van der Waals surface area (Å²) in [5.74, 6) is -0.436. The van der Waals surface area contributed by atoms with Gasteiger partial charge in [-0.15, -0.1) is 0 Å². The van der Waals surface area contributed by atoms with E-state index in [2.05, 4.69) is 6.58 Å². The summed E-state index contributed by atoms with van der Waals surface area (Å²) in [6, 6.07) is 9.20. The Morgan fingerprint density at radius 1 is 0.833 bits per heavy atom. The van der Waals surface area contributed by atoms with Crippen molar-refractivity contribution in [1.29, 1.82) is 0 Å². The monoisotopic (exact) mass is 338 g/mol. The normalized spacial score (nSPS) is 10.5. The first-order valence-electron chi connectivity index (χ1n) is 7.89. The van der Waals surface area contributed by atoms with Gasteiger partial charge in [0.25, 0.3) is 0 Å². The summed E-state index contributed by atoms with van der Waals surface area (Å²) in [5.41, 5.74) is 1.09. The molecule has 0 aromatic heterocycles. The molecule has 0 heterocycles. The van der Waals surface area contributed by atoms with Crippen LogP contribution in [0.3, 0.4) is 0 Å². The summed E-state index contributed by atoms with van der Waals surface area (Å²) in [4.78, 5) is 11.8. The van der Waals surface area contributed by atoms with Crippen LogP contribution in [0.2, 0.25) is 0 Å². The van der Waals surface area contributed by atoms with Crippen LogP contribution in [0.1, 0.15) is 5.56 Å². The maximum absolute atomic E-state index is 11.8. The van der Waals surface area contributed by atoms with Gasteiger partial charge in [-0.05, 0) is 5.56 Å². The molecular formula is C18H26O6. The van der Waals surface area contributed by atoms with E-state index < -0.39 is 5.97 Å². The molecule has 1 aromatic carbocycles. The highest BCUT2D eigenvalue weighted by atomic mass is 16.6. The zero-order valence-corrected chi connectivity index (χ0v) is 14.2. The number of esters is 1.